The fourth-order valence-electron chi connectivity index (χ4n) is 2.52. The van der Waals surface area contributed by atoms with E-state index in [0.29, 0.717) is 11.6 Å². The average molecular weight is 273 g/mol. The highest BCUT2D eigenvalue weighted by atomic mass is 35.5. The van der Waals surface area contributed by atoms with E-state index in [0.717, 1.165) is 18.1 Å². The summed E-state index contributed by atoms with van der Waals surface area (Å²) in [5.41, 5.74) is 8.29. The Morgan fingerprint density at radius 2 is 2.18 bits per heavy atom. The van der Waals surface area contributed by atoms with Crippen LogP contribution in [0.25, 0.3) is 0 Å². The fraction of sp³-hybridized carbons (Fsp3) is 0.538. The molecule has 1 atom stereocenters. The van der Waals surface area contributed by atoms with Crippen LogP contribution in [0.2, 0.25) is 10.0 Å². The smallest absolute Gasteiger partial charge is 0.0492 e. The molecule has 0 aromatic heterocycles. The number of hydrogen-bond acceptors (Lipinski definition) is 2. The predicted molar refractivity (Wildman–Crippen MR) is 73.6 cm³/mol. The summed E-state index contributed by atoms with van der Waals surface area (Å²) in [5, 5.41) is 1.46. The summed E-state index contributed by atoms with van der Waals surface area (Å²) in [6, 6.07) is 4.08. The van der Waals surface area contributed by atoms with Gasteiger partial charge in [0.1, 0.15) is 0 Å². The third kappa shape index (κ3) is 2.60. The highest BCUT2D eigenvalue weighted by Crippen LogP contribution is 2.39. The number of rotatable bonds is 4. The van der Waals surface area contributed by atoms with Gasteiger partial charge < -0.3 is 5.73 Å². The number of halogens is 2. The van der Waals surface area contributed by atoms with Crippen molar-refractivity contribution >= 4 is 23.2 Å². The zero-order valence-electron chi connectivity index (χ0n) is 10.0. The quantitative estimate of drug-likeness (QED) is 0.908. The van der Waals surface area contributed by atoms with Crippen molar-refractivity contribution in [1.29, 1.82) is 0 Å². The molecule has 0 bridgehead atoms. The molecule has 1 unspecified atom stereocenters. The number of nitrogens with zero attached hydrogens (tertiary/aromatic N) is 1. The average Bonchev–Trinajstić information content (AvgIpc) is 2.63. The first-order chi connectivity index (χ1) is 8.17. The van der Waals surface area contributed by atoms with E-state index in [1.807, 2.05) is 12.1 Å². The minimum absolute atomic E-state index is 0.251. The van der Waals surface area contributed by atoms with Gasteiger partial charge in [0, 0.05) is 29.2 Å². The van der Waals surface area contributed by atoms with Gasteiger partial charge in [-0.05, 0) is 36.2 Å². The van der Waals surface area contributed by atoms with E-state index in [9.17, 15) is 0 Å². The second-order valence-corrected chi connectivity index (χ2v) is 5.38. The summed E-state index contributed by atoms with van der Waals surface area (Å²) < 4.78 is 0. The Labute approximate surface area is 113 Å². The second-order valence-electron chi connectivity index (χ2n) is 4.54. The number of benzene rings is 1. The van der Waals surface area contributed by atoms with Crippen molar-refractivity contribution in [3.05, 3.63) is 33.3 Å². The maximum atomic E-state index is 6.28. The maximum absolute atomic E-state index is 6.28. The molecule has 1 aromatic carbocycles. The van der Waals surface area contributed by atoms with Crippen molar-refractivity contribution in [1.82, 2.24) is 4.90 Å². The van der Waals surface area contributed by atoms with Crippen LogP contribution in [0.3, 0.4) is 0 Å². The van der Waals surface area contributed by atoms with E-state index in [-0.39, 0.29) is 6.04 Å². The molecule has 0 aliphatic carbocycles. The molecule has 2 N–H and O–H groups in total. The minimum Gasteiger partial charge on any atom is -0.329 e. The predicted octanol–water partition coefficient (Wildman–Crippen LogP) is 3.61. The van der Waals surface area contributed by atoms with Crippen molar-refractivity contribution in [3.63, 3.8) is 0 Å². The van der Waals surface area contributed by atoms with E-state index in [2.05, 4.69) is 11.8 Å². The topological polar surface area (TPSA) is 29.3 Å². The van der Waals surface area contributed by atoms with Crippen LogP contribution in [0.4, 0.5) is 0 Å². The van der Waals surface area contributed by atoms with Gasteiger partial charge in [-0.2, -0.15) is 0 Å². The Hall–Kier alpha value is -0.280. The van der Waals surface area contributed by atoms with E-state index in [1.54, 1.807) is 0 Å². The minimum atomic E-state index is 0.251. The van der Waals surface area contributed by atoms with Gasteiger partial charge in [-0.25, -0.2) is 0 Å². The lowest BCUT2D eigenvalue weighted by Gasteiger charge is -2.23. The third-order valence-electron chi connectivity index (χ3n) is 3.35. The first-order valence-electron chi connectivity index (χ1n) is 6.09. The Kier molecular flexibility index (Phi) is 4.31. The first-order valence-corrected chi connectivity index (χ1v) is 6.85. The highest BCUT2D eigenvalue weighted by molar-refractivity contribution is 6.35. The van der Waals surface area contributed by atoms with Gasteiger partial charge in [-0.3, -0.25) is 4.90 Å². The van der Waals surface area contributed by atoms with Crippen molar-refractivity contribution in [2.45, 2.75) is 32.4 Å². The largest absolute Gasteiger partial charge is 0.329 e. The molecule has 1 aromatic rings. The molecule has 0 amide bonds. The van der Waals surface area contributed by atoms with Gasteiger partial charge in [-0.1, -0.05) is 36.5 Å². The van der Waals surface area contributed by atoms with E-state index < -0.39 is 0 Å². The molecule has 0 fully saturated rings. The van der Waals surface area contributed by atoms with Gasteiger partial charge in [0.15, 0.2) is 0 Å². The van der Waals surface area contributed by atoms with Crippen molar-refractivity contribution < 1.29 is 0 Å². The van der Waals surface area contributed by atoms with Gasteiger partial charge >= 0.3 is 0 Å². The molecule has 1 heterocycles. The van der Waals surface area contributed by atoms with Crippen LogP contribution >= 0.6 is 23.2 Å². The molecule has 0 saturated heterocycles. The molecule has 2 rings (SSSR count). The Bertz CT molecular complexity index is 407. The monoisotopic (exact) mass is 272 g/mol. The normalized spacial score (nSPS) is 19.6. The van der Waals surface area contributed by atoms with E-state index in [4.69, 9.17) is 28.9 Å². The molecular weight excluding hydrogens is 255 g/mol. The summed E-state index contributed by atoms with van der Waals surface area (Å²) in [6.07, 6.45) is 2.38. The van der Waals surface area contributed by atoms with Gasteiger partial charge in [0.05, 0.1) is 0 Å². The molecular formula is C13H18Cl2N2. The van der Waals surface area contributed by atoms with Gasteiger partial charge in [0.2, 0.25) is 0 Å². The number of fused-ring (bicyclic) bond motifs is 1. The molecule has 0 spiro atoms. The van der Waals surface area contributed by atoms with Crippen LogP contribution in [0, 0.1) is 0 Å². The van der Waals surface area contributed by atoms with Crippen LogP contribution in [-0.2, 0) is 6.54 Å². The zero-order valence-corrected chi connectivity index (χ0v) is 11.6. The summed E-state index contributed by atoms with van der Waals surface area (Å²) in [5.74, 6) is 0. The second kappa shape index (κ2) is 5.57. The molecule has 0 saturated carbocycles. The number of hydrogen-bond donors (Lipinski definition) is 1. The Balaban J connectivity index is 2.28. The third-order valence-corrected chi connectivity index (χ3v) is 3.88. The molecule has 17 heavy (non-hydrogen) atoms. The first kappa shape index (κ1) is 13.2. The van der Waals surface area contributed by atoms with Crippen LogP contribution < -0.4 is 5.73 Å². The number of unbranched alkanes of at least 4 members (excludes halogenated alkanes) is 1. The lowest BCUT2D eigenvalue weighted by Crippen LogP contribution is -2.28. The molecule has 94 valence electrons. The summed E-state index contributed by atoms with van der Waals surface area (Å²) in [6.45, 7) is 4.79. The molecule has 1 aliphatic heterocycles. The van der Waals surface area contributed by atoms with Gasteiger partial charge in [-0.15, -0.1) is 0 Å². The highest BCUT2D eigenvalue weighted by Gasteiger charge is 2.30. The van der Waals surface area contributed by atoms with Crippen molar-refractivity contribution in [2.24, 2.45) is 5.73 Å². The van der Waals surface area contributed by atoms with Crippen LogP contribution in [0.1, 0.15) is 36.9 Å². The lowest BCUT2D eigenvalue weighted by atomic mass is 10.0. The molecule has 0 radical (unpaired) electrons. The van der Waals surface area contributed by atoms with Crippen LogP contribution in [0.5, 0.6) is 0 Å². The number of nitrogens with two attached hydrogens (primary N) is 1. The zero-order chi connectivity index (χ0) is 12.4. The molecule has 1 aliphatic rings. The van der Waals surface area contributed by atoms with Crippen LogP contribution in [-0.4, -0.2) is 18.0 Å². The molecule has 2 nitrogen and oxygen atoms in total. The summed E-state index contributed by atoms with van der Waals surface area (Å²) in [4.78, 5) is 2.40. The standard InChI is InChI=1S/C13H18Cl2N2/c1-2-3-4-17-8-9-5-10(14)6-11(15)13(9)12(17)7-16/h5-6,12H,2-4,7-8,16H2,1H3. The lowest BCUT2D eigenvalue weighted by molar-refractivity contribution is 0.217. The Morgan fingerprint density at radius 3 is 2.82 bits per heavy atom. The maximum Gasteiger partial charge on any atom is 0.0492 e. The van der Waals surface area contributed by atoms with E-state index >= 15 is 0 Å². The SMILES string of the molecule is CCCCN1Cc2cc(Cl)cc(Cl)c2C1CN. The fourth-order valence-corrected chi connectivity index (χ4v) is 3.18. The van der Waals surface area contributed by atoms with Gasteiger partial charge in [0.25, 0.3) is 0 Å². The molecule has 4 heteroatoms. The Morgan fingerprint density at radius 1 is 1.41 bits per heavy atom. The van der Waals surface area contributed by atoms with Crippen LogP contribution in [0.15, 0.2) is 12.1 Å². The van der Waals surface area contributed by atoms with Crippen molar-refractivity contribution in [3.8, 4) is 0 Å². The van der Waals surface area contributed by atoms with Crippen molar-refractivity contribution in [2.75, 3.05) is 13.1 Å². The summed E-state index contributed by atoms with van der Waals surface area (Å²) in [7, 11) is 0. The summed E-state index contributed by atoms with van der Waals surface area (Å²) >= 11 is 12.3. The van der Waals surface area contributed by atoms with E-state index in [1.165, 1.54) is 24.0 Å².